The SMILES string of the molecule is CCN(Cc1ccccc1)C(=O)[C@@H]1CCCC[C@@H]1C(=O)O. The highest BCUT2D eigenvalue weighted by atomic mass is 16.4. The molecular formula is C17H23NO3. The molecule has 1 saturated carbocycles. The maximum atomic E-state index is 12.7. The van der Waals surface area contributed by atoms with Crippen molar-refractivity contribution >= 4 is 11.9 Å². The molecule has 1 aromatic carbocycles. The molecule has 0 heterocycles. The van der Waals surface area contributed by atoms with Crippen molar-refractivity contribution in [2.45, 2.75) is 39.2 Å². The van der Waals surface area contributed by atoms with E-state index in [1.165, 1.54) is 0 Å². The number of amides is 1. The molecule has 0 aromatic heterocycles. The summed E-state index contributed by atoms with van der Waals surface area (Å²) >= 11 is 0. The van der Waals surface area contributed by atoms with Crippen molar-refractivity contribution < 1.29 is 14.7 Å². The summed E-state index contributed by atoms with van der Waals surface area (Å²) in [5.41, 5.74) is 1.08. The number of carboxylic acids is 1. The van der Waals surface area contributed by atoms with E-state index in [4.69, 9.17) is 0 Å². The number of hydrogen-bond donors (Lipinski definition) is 1. The minimum atomic E-state index is -0.830. The van der Waals surface area contributed by atoms with Crippen LogP contribution in [-0.4, -0.2) is 28.4 Å². The largest absolute Gasteiger partial charge is 0.481 e. The molecule has 4 nitrogen and oxygen atoms in total. The van der Waals surface area contributed by atoms with Gasteiger partial charge in [0.2, 0.25) is 5.91 Å². The van der Waals surface area contributed by atoms with Gasteiger partial charge in [-0.1, -0.05) is 43.2 Å². The summed E-state index contributed by atoms with van der Waals surface area (Å²) in [5.74, 6) is -1.71. The van der Waals surface area contributed by atoms with Crippen LogP contribution in [0.4, 0.5) is 0 Å². The molecule has 0 aliphatic heterocycles. The van der Waals surface area contributed by atoms with E-state index in [0.29, 0.717) is 25.9 Å². The summed E-state index contributed by atoms with van der Waals surface area (Å²) < 4.78 is 0. The van der Waals surface area contributed by atoms with Crippen LogP contribution in [0, 0.1) is 11.8 Å². The van der Waals surface area contributed by atoms with Gasteiger partial charge in [0.25, 0.3) is 0 Å². The summed E-state index contributed by atoms with van der Waals surface area (Å²) in [6.07, 6.45) is 3.17. The summed E-state index contributed by atoms with van der Waals surface area (Å²) in [5, 5.41) is 9.33. The third-order valence-corrected chi connectivity index (χ3v) is 4.31. The topological polar surface area (TPSA) is 57.6 Å². The predicted molar refractivity (Wildman–Crippen MR) is 80.6 cm³/mol. The maximum Gasteiger partial charge on any atom is 0.307 e. The minimum Gasteiger partial charge on any atom is -0.481 e. The predicted octanol–water partition coefficient (Wildman–Crippen LogP) is 2.93. The van der Waals surface area contributed by atoms with Crippen LogP contribution in [0.2, 0.25) is 0 Å². The first-order valence-electron chi connectivity index (χ1n) is 7.69. The Morgan fingerprint density at radius 2 is 1.76 bits per heavy atom. The van der Waals surface area contributed by atoms with Gasteiger partial charge in [-0.2, -0.15) is 0 Å². The molecule has 114 valence electrons. The van der Waals surface area contributed by atoms with E-state index >= 15 is 0 Å². The Morgan fingerprint density at radius 1 is 1.14 bits per heavy atom. The third kappa shape index (κ3) is 3.84. The van der Waals surface area contributed by atoms with Crippen LogP contribution in [0.15, 0.2) is 30.3 Å². The molecule has 0 radical (unpaired) electrons. The molecule has 1 aliphatic carbocycles. The average Bonchev–Trinajstić information content (AvgIpc) is 2.53. The summed E-state index contributed by atoms with van der Waals surface area (Å²) in [7, 11) is 0. The van der Waals surface area contributed by atoms with Gasteiger partial charge in [-0.3, -0.25) is 9.59 Å². The van der Waals surface area contributed by atoms with E-state index in [-0.39, 0.29) is 11.8 Å². The quantitative estimate of drug-likeness (QED) is 0.906. The number of carbonyl (C=O) groups excluding carboxylic acids is 1. The molecule has 1 fully saturated rings. The molecule has 2 atom stereocenters. The van der Waals surface area contributed by atoms with Crippen molar-refractivity contribution in [3.8, 4) is 0 Å². The van der Waals surface area contributed by atoms with Gasteiger partial charge in [-0.25, -0.2) is 0 Å². The number of carbonyl (C=O) groups is 2. The smallest absolute Gasteiger partial charge is 0.307 e. The molecule has 1 aromatic rings. The second-order valence-electron chi connectivity index (χ2n) is 5.67. The standard InChI is InChI=1S/C17H23NO3/c1-2-18(12-13-8-4-3-5-9-13)16(19)14-10-6-7-11-15(14)17(20)21/h3-5,8-9,14-15H,2,6-7,10-12H2,1H3,(H,20,21)/t14-,15+/m1/s1. The normalized spacial score (nSPS) is 21.8. The molecule has 1 amide bonds. The number of carboxylic acid groups (broad SMARTS) is 1. The average molecular weight is 289 g/mol. The van der Waals surface area contributed by atoms with E-state index in [9.17, 15) is 14.7 Å². The maximum absolute atomic E-state index is 12.7. The fraction of sp³-hybridized carbons (Fsp3) is 0.529. The van der Waals surface area contributed by atoms with Crippen LogP contribution in [0.1, 0.15) is 38.2 Å². The van der Waals surface area contributed by atoms with E-state index in [0.717, 1.165) is 18.4 Å². The number of nitrogens with zero attached hydrogens (tertiary/aromatic N) is 1. The van der Waals surface area contributed by atoms with Gasteiger partial charge >= 0.3 is 5.97 Å². The Balaban J connectivity index is 2.09. The lowest BCUT2D eigenvalue weighted by Gasteiger charge is -2.32. The van der Waals surface area contributed by atoms with E-state index in [1.54, 1.807) is 4.90 Å². The second kappa shape index (κ2) is 7.25. The first kappa shape index (κ1) is 15.5. The molecule has 0 saturated heterocycles. The van der Waals surface area contributed by atoms with Crippen LogP contribution in [0.25, 0.3) is 0 Å². The fourth-order valence-corrected chi connectivity index (χ4v) is 3.11. The zero-order valence-corrected chi connectivity index (χ0v) is 12.5. The lowest BCUT2D eigenvalue weighted by Crippen LogP contribution is -2.42. The molecule has 1 N–H and O–H groups in total. The van der Waals surface area contributed by atoms with Gasteiger partial charge in [0.15, 0.2) is 0 Å². The van der Waals surface area contributed by atoms with Gasteiger partial charge in [0, 0.05) is 13.1 Å². The van der Waals surface area contributed by atoms with Gasteiger partial charge in [0.1, 0.15) is 0 Å². The van der Waals surface area contributed by atoms with Gasteiger partial charge in [0.05, 0.1) is 11.8 Å². The summed E-state index contributed by atoms with van der Waals surface area (Å²) in [6, 6.07) is 9.84. The van der Waals surface area contributed by atoms with Crippen molar-refractivity contribution in [2.75, 3.05) is 6.54 Å². The lowest BCUT2D eigenvalue weighted by atomic mass is 9.78. The first-order valence-corrected chi connectivity index (χ1v) is 7.69. The molecule has 1 aliphatic rings. The Hall–Kier alpha value is -1.84. The number of rotatable bonds is 5. The van der Waals surface area contributed by atoms with Crippen LogP contribution in [-0.2, 0) is 16.1 Å². The monoisotopic (exact) mass is 289 g/mol. The Bertz CT molecular complexity index is 486. The summed E-state index contributed by atoms with van der Waals surface area (Å²) in [6.45, 7) is 3.11. The van der Waals surface area contributed by atoms with Crippen LogP contribution >= 0.6 is 0 Å². The van der Waals surface area contributed by atoms with Gasteiger partial charge in [-0.05, 0) is 25.3 Å². The van der Waals surface area contributed by atoms with Crippen molar-refractivity contribution in [3.05, 3.63) is 35.9 Å². The second-order valence-corrected chi connectivity index (χ2v) is 5.67. The molecular weight excluding hydrogens is 266 g/mol. The Kier molecular flexibility index (Phi) is 5.37. The van der Waals surface area contributed by atoms with Crippen LogP contribution < -0.4 is 0 Å². The number of benzene rings is 1. The van der Waals surface area contributed by atoms with Gasteiger partial charge < -0.3 is 10.0 Å². The molecule has 2 rings (SSSR count). The van der Waals surface area contributed by atoms with Crippen molar-refractivity contribution in [2.24, 2.45) is 11.8 Å². The molecule has 0 bridgehead atoms. The van der Waals surface area contributed by atoms with E-state index in [1.807, 2.05) is 37.3 Å². The van der Waals surface area contributed by atoms with E-state index < -0.39 is 11.9 Å². The minimum absolute atomic E-state index is 0.00606. The van der Waals surface area contributed by atoms with Crippen molar-refractivity contribution in [1.82, 2.24) is 4.90 Å². The van der Waals surface area contributed by atoms with Crippen LogP contribution in [0.5, 0.6) is 0 Å². The fourth-order valence-electron chi connectivity index (χ4n) is 3.11. The molecule has 0 unspecified atom stereocenters. The zero-order valence-electron chi connectivity index (χ0n) is 12.5. The highest BCUT2D eigenvalue weighted by Gasteiger charge is 2.37. The highest BCUT2D eigenvalue weighted by molar-refractivity contribution is 5.85. The van der Waals surface area contributed by atoms with Gasteiger partial charge in [-0.15, -0.1) is 0 Å². The molecule has 4 heteroatoms. The lowest BCUT2D eigenvalue weighted by molar-refractivity contribution is -0.152. The Labute approximate surface area is 125 Å². The number of aliphatic carboxylic acids is 1. The van der Waals surface area contributed by atoms with Crippen molar-refractivity contribution in [1.29, 1.82) is 0 Å². The van der Waals surface area contributed by atoms with Crippen LogP contribution in [0.3, 0.4) is 0 Å². The van der Waals surface area contributed by atoms with Crippen molar-refractivity contribution in [3.63, 3.8) is 0 Å². The molecule has 0 spiro atoms. The van der Waals surface area contributed by atoms with E-state index in [2.05, 4.69) is 0 Å². The first-order chi connectivity index (χ1) is 10.1. The zero-order chi connectivity index (χ0) is 15.2. The summed E-state index contributed by atoms with van der Waals surface area (Å²) in [4.78, 5) is 25.9. The molecule has 21 heavy (non-hydrogen) atoms. The third-order valence-electron chi connectivity index (χ3n) is 4.31. The number of hydrogen-bond acceptors (Lipinski definition) is 2. The highest BCUT2D eigenvalue weighted by Crippen LogP contribution is 2.32. The Morgan fingerprint density at radius 3 is 2.33 bits per heavy atom.